The standard InChI is InChI=1S/C12H15NO2/c1-2-3-9-4-6-10(7-5-9)12(15)11(14)8-13/h4-7,11-12,14-15H,2-3H2,1H3. The molecule has 0 saturated heterocycles. The molecule has 0 aliphatic carbocycles. The first-order valence-corrected chi connectivity index (χ1v) is 5.03. The van der Waals surface area contributed by atoms with Crippen LogP contribution in [0.25, 0.3) is 0 Å². The summed E-state index contributed by atoms with van der Waals surface area (Å²) in [4.78, 5) is 0. The summed E-state index contributed by atoms with van der Waals surface area (Å²) in [5.74, 6) is 0. The first-order valence-electron chi connectivity index (χ1n) is 5.03. The minimum Gasteiger partial charge on any atom is -0.385 e. The topological polar surface area (TPSA) is 64.2 Å². The molecule has 2 atom stereocenters. The number of nitriles is 1. The molecule has 0 amide bonds. The zero-order valence-corrected chi connectivity index (χ0v) is 8.72. The smallest absolute Gasteiger partial charge is 0.170 e. The van der Waals surface area contributed by atoms with Crippen LogP contribution in [0.3, 0.4) is 0 Å². The van der Waals surface area contributed by atoms with Crippen molar-refractivity contribution in [2.75, 3.05) is 0 Å². The third kappa shape index (κ3) is 3.05. The summed E-state index contributed by atoms with van der Waals surface area (Å²) < 4.78 is 0. The lowest BCUT2D eigenvalue weighted by Gasteiger charge is -2.12. The fourth-order valence-corrected chi connectivity index (χ4v) is 1.42. The van der Waals surface area contributed by atoms with E-state index in [0.717, 1.165) is 12.8 Å². The van der Waals surface area contributed by atoms with Crippen molar-refractivity contribution in [1.82, 2.24) is 0 Å². The van der Waals surface area contributed by atoms with Crippen molar-refractivity contribution in [3.8, 4) is 6.07 Å². The second-order valence-electron chi connectivity index (χ2n) is 3.51. The number of benzene rings is 1. The Bertz CT molecular complexity index is 340. The van der Waals surface area contributed by atoms with Gasteiger partial charge in [-0.3, -0.25) is 0 Å². The van der Waals surface area contributed by atoms with Crippen LogP contribution in [0.1, 0.15) is 30.6 Å². The second-order valence-corrected chi connectivity index (χ2v) is 3.51. The quantitative estimate of drug-likeness (QED) is 0.733. The van der Waals surface area contributed by atoms with Gasteiger partial charge in [0.25, 0.3) is 0 Å². The molecule has 3 heteroatoms. The van der Waals surface area contributed by atoms with E-state index in [-0.39, 0.29) is 0 Å². The zero-order valence-electron chi connectivity index (χ0n) is 8.72. The maximum absolute atomic E-state index is 9.54. The van der Waals surface area contributed by atoms with Gasteiger partial charge in [0.2, 0.25) is 0 Å². The number of hydrogen-bond donors (Lipinski definition) is 2. The van der Waals surface area contributed by atoms with Crippen LogP contribution in [0.15, 0.2) is 24.3 Å². The van der Waals surface area contributed by atoms with Gasteiger partial charge in [-0.2, -0.15) is 5.26 Å². The molecular formula is C12H15NO2. The summed E-state index contributed by atoms with van der Waals surface area (Å²) in [5, 5.41) is 27.1. The van der Waals surface area contributed by atoms with Gasteiger partial charge in [0.05, 0.1) is 6.07 Å². The largest absolute Gasteiger partial charge is 0.385 e. The fraction of sp³-hybridized carbons (Fsp3) is 0.417. The Morgan fingerprint density at radius 3 is 2.33 bits per heavy atom. The molecule has 3 nitrogen and oxygen atoms in total. The highest BCUT2D eigenvalue weighted by Gasteiger charge is 2.16. The fourth-order valence-electron chi connectivity index (χ4n) is 1.42. The molecule has 0 aromatic heterocycles. The normalized spacial score (nSPS) is 14.3. The molecule has 0 bridgehead atoms. The van der Waals surface area contributed by atoms with Gasteiger partial charge in [-0.05, 0) is 17.5 Å². The number of hydrogen-bond acceptors (Lipinski definition) is 3. The summed E-state index contributed by atoms with van der Waals surface area (Å²) in [6, 6.07) is 8.92. The minimum atomic E-state index is -1.36. The van der Waals surface area contributed by atoms with Crippen LogP contribution in [-0.2, 0) is 6.42 Å². The number of nitrogens with zero attached hydrogens (tertiary/aromatic N) is 1. The van der Waals surface area contributed by atoms with Gasteiger partial charge in [0.1, 0.15) is 6.10 Å². The average Bonchev–Trinajstić information content (AvgIpc) is 2.28. The molecule has 0 heterocycles. The summed E-state index contributed by atoms with van der Waals surface area (Å²) >= 11 is 0. The maximum Gasteiger partial charge on any atom is 0.170 e. The van der Waals surface area contributed by atoms with E-state index in [4.69, 9.17) is 10.4 Å². The lowest BCUT2D eigenvalue weighted by atomic mass is 10.0. The molecule has 80 valence electrons. The molecule has 0 aliphatic heterocycles. The molecule has 2 N–H and O–H groups in total. The first-order chi connectivity index (χ1) is 7.19. The predicted octanol–water partition coefficient (Wildman–Crippen LogP) is 1.56. The van der Waals surface area contributed by atoms with Crippen molar-refractivity contribution >= 4 is 0 Å². The van der Waals surface area contributed by atoms with Crippen molar-refractivity contribution < 1.29 is 10.2 Å². The van der Waals surface area contributed by atoms with E-state index in [1.54, 1.807) is 18.2 Å². The summed E-state index contributed by atoms with van der Waals surface area (Å²) in [5.41, 5.74) is 1.77. The highest BCUT2D eigenvalue weighted by Crippen LogP contribution is 2.17. The van der Waals surface area contributed by atoms with Gasteiger partial charge < -0.3 is 10.2 Å². The molecule has 0 radical (unpaired) electrons. The highest BCUT2D eigenvalue weighted by atomic mass is 16.3. The summed E-state index contributed by atoms with van der Waals surface area (Å²) in [6.45, 7) is 2.10. The first kappa shape index (κ1) is 11.7. The Morgan fingerprint density at radius 2 is 1.87 bits per heavy atom. The molecule has 1 rings (SSSR count). The van der Waals surface area contributed by atoms with Crippen molar-refractivity contribution in [2.24, 2.45) is 0 Å². The Hall–Kier alpha value is -1.37. The molecule has 15 heavy (non-hydrogen) atoms. The van der Waals surface area contributed by atoms with Crippen molar-refractivity contribution in [3.63, 3.8) is 0 Å². The monoisotopic (exact) mass is 205 g/mol. The van der Waals surface area contributed by atoms with Crippen LogP contribution in [0, 0.1) is 11.3 Å². The molecule has 2 unspecified atom stereocenters. The zero-order chi connectivity index (χ0) is 11.3. The Labute approximate surface area is 89.6 Å². The van der Waals surface area contributed by atoms with Crippen molar-refractivity contribution in [2.45, 2.75) is 32.0 Å². The Kier molecular flexibility index (Phi) is 4.29. The average molecular weight is 205 g/mol. The molecule has 1 aromatic rings. The van der Waals surface area contributed by atoms with Gasteiger partial charge >= 0.3 is 0 Å². The molecular weight excluding hydrogens is 190 g/mol. The maximum atomic E-state index is 9.54. The third-order valence-electron chi connectivity index (χ3n) is 2.29. The van der Waals surface area contributed by atoms with Gasteiger partial charge in [0.15, 0.2) is 6.10 Å². The lowest BCUT2D eigenvalue weighted by Crippen LogP contribution is -2.15. The minimum absolute atomic E-state index is 0.573. The summed E-state index contributed by atoms with van der Waals surface area (Å²) in [7, 11) is 0. The van der Waals surface area contributed by atoms with Crippen molar-refractivity contribution in [1.29, 1.82) is 5.26 Å². The summed E-state index contributed by atoms with van der Waals surface area (Å²) in [6.07, 6.45) is -0.410. The third-order valence-corrected chi connectivity index (χ3v) is 2.29. The van der Waals surface area contributed by atoms with Crippen LogP contribution in [0.5, 0.6) is 0 Å². The van der Waals surface area contributed by atoms with E-state index in [1.807, 2.05) is 12.1 Å². The molecule has 0 aliphatic rings. The van der Waals surface area contributed by atoms with Crippen molar-refractivity contribution in [3.05, 3.63) is 35.4 Å². The van der Waals surface area contributed by atoms with E-state index in [9.17, 15) is 5.11 Å². The van der Waals surface area contributed by atoms with E-state index >= 15 is 0 Å². The van der Waals surface area contributed by atoms with Gasteiger partial charge in [-0.25, -0.2) is 0 Å². The van der Waals surface area contributed by atoms with E-state index < -0.39 is 12.2 Å². The van der Waals surface area contributed by atoms with E-state index in [0.29, 0.717) is 5.56 Å². The van der Waals surface area contributed by atoms with Gasteiger partial charge in [0, 0.05) is 0 Å². The number of aliphatic hydroxyl groups is 2. The number of rotatable bonds is 4. The SMILES string of the molecule is CCCc1ccc(C(O)C(O)C#N)cc1. The van der Waals surface area contributed by atoms with Crippen LogP contribution in [-0.4, -0.2) is 16.3 Å². The molecule has 1 aromatic carbocycles. The molecule has 0 saturated carbocycles. The Morgan fingerprint density at radius 1 is 1.27 bits per heavy atom. The van der Waals surface area contributed by atoms with Crippen LogP contribution in [0.4, 0.5) is 0 Å². The second kappa shape index (κ2) is 5.50. The number of aliphatic hydroxyl groups excluding tert-OH is 2. The van der Waals surface area contributed by atoms with Crippen LogP contribution < -0.4 is 0 Å². The highest BCUT2D eigenvalue weighted by molar-refractivity contribution is 5.25. The van der Waals surface area contributed by atoms with Gasteiger partial charge in [-0.1, -0.05) is 37.6 Å². The Balaban J connectivity index is 2.76. The molecule has 0 spiro atoms. The van der Waals surface area contributed by atoms with E-state index in [1.165, 1.54) is 5.56 Å². The number of aryl methyl sites for hydroxylation is 1. The predicted molar refractivity (Wildman–Crippen MR) is 57.0 cm³/mol. The molecule has 0 fully saturated rings. The van der Waals surface area contributed by atoms with E-state index in [2.05, 4.69) is 6.92 Å². The van der Waals surface area contributed by atoms with Crippen LogP contribution >= 0.6 is 0 Å². The van der Waals surface area contributed by atoms with Crippen LogP contribution in [0.2, 0.25) is 0 Å². The van der Waals surface area contributed by atoms with Gasteiger partial charge in [-0.15, -0.1) is 0 Å². The lowest BCUT2D eigenvalue weighted by molar-refractivity contribution is 0.0528.